The van der Waals surface area contributed by atoms with Gasteiger partial charge in [0.1, 0.15) is 5.82 Å². The number of primary amides is 1. The van der Waals surface area contributed by atoms with Gasteiger partial charge >= 0.3 is 6.03 Å². The average Bonchev–Trinajstić information content (AvgIpc) is 2.12. The number of amides is 2. The van der Waals surface area contributed by atoms with Crippen molar-refractivity contribution in [3.05, 3.63) is 23.9 Å². The van der Waals surface area contributed by atoms with E-state index in [2.05, 4.69) is 15.6 Å². The van der Waals surface area contributed by atoms with E-state index in [9.17, 15) is 4.79 Å². The Hall–Kier alpha value is -1.78. The highest BCUT2D eigenvalue weighted by Gasteiger charge is 1.93. The standard InChI is InChI=1S/C9H14N4O/c1-7-2-3-11-8(6-7)12-4-5-13-9(10)14/h2-3,6H,4-5H2,1H3,(H,11,12)(H3,10,13,14). The van der Waals surface area contributed by atoms with Gasteiger partial charge in [0.2, 0.25) is 0 Å². The minimum Gasteiger partial charge on any atom is -0.368 e. The van der Waals surface area contributed by atoms with Crippen molar-refractivity contribution in [3.8, 4) is 0 Å². The zero-order valence-corrected chi connectivity index (χ0v) is 8.08. The molecule has 0 bridgehead atoms. The summed E-state index contributed by atoms with van der Waals surface area (Å²) in [5.41, 5.74) is 6.05. The highest BCUT2D eigenvalue weighted by Crippen LogP contribution is 2.03. The fourth-order valence-electron chi connectivity index (χ4n) is 1.01. The summed E-state index contributed by atoms with van der Waals surface area (Å²) in [6.45, 7) is 3.10. The third kappa shape index (κ3) is 3.75. The summed E-state index contributed by atoms with van der Waals surface area (Å²) < 4.78 is 0. The number of aryl methyl sites for hydroxylation is 1. The zero-order valence-electron chi connectivity index (χ0n) is 8.08. The zero-order chi connectivity index (χ0) is 10.4. The lowest BCUT2D eigenvalue weighted by molar-refractivity contribution is 0.249. The molecule has 4 N–H and O–H groups in total. The van der Waals surface area contributed by atoms with Crippen LogP contribution in [0, 0.1) is 6.92 Å². The summed E-state index contributed by atoms with van der Waals surface area (Å²) in [5, 5.41) is 5.54. The first-order valence-electron chi connectivity index (χ1n) is 4.38. The van der Waals surface area contributed by atoms with Gasteiger partial charge in [0.05, 0.1) is 0 Å². The average molecular weight is 194 g/mol. The molecule has 0 aliphatic heterocycles. The first kappa shape index (κ1) is 10.3. The second kappa shape index (κ2) is 5.06. The lowest BCUT2D eigenvalue weighted by Crippen LogP contribution is -2.33. The number of hydrogen-bond donors (Lipinski definition) is 3. The molecule has 0 spiro atoms. The third-order valence-corrected chi connectivity index (χ3v) is 1.65. The molecular weight excluding hydrogens is 180 g/mol. The predicted molar refractivity (Wildman–Crippen MR) is 55.0 cm³/mol. The highest BCUT2D eigenvalue weighted by atomic mass is 16.2. The van der Waals surface area contributed by atoms with Crippen LogP contribution in [0.3, 0.4) is 0 Å². The lowest BCUT2D eigenvalue weighted by Gasteiger charge is -2.05. The largest absolute Gasteiger partial charge is 0.368 e. The molecule has 0 aliphatic carbocycles. The topological polar surface area (TPSA) is 80.0 Å². The number of nitrogens with two attached hydrogens (primary N) is 1. The smallest absolute Gasteiger partial charge is 0.312 e. The normalized spacial score (nSPS) is 9.50. The predicted octanol–water partition coefficient (Wildman–Crippen LogP) is 0.470. The number of aromatic nitrogens is 1. The molecule has 0 aromatic carbocycles. The van der Waals surface area contributed by atoms with Crippen molar-refractivity contribution >= 4 is 11.8 Å². The van der Waals surface area contributed by atoms with E-state index >= 15 is 0 Å². The third-order valence-electron chi connectivity index (χ3n) is 1.65. The van der Waals surface area contributed by atoms with Gasteiger partial charge < -0.3 is 16.4 Å². The number of pyridine rings is 1. The molecule has 14 heavy (non-hydrogen) atoms. The summed E-state index contributed by atoms with van der Waals surface area (Å²) >= 11 is 0. The van der Waals surface area contributed by atoms with E-state index in [-0.39, 0.29) is 0 Å². The van der Waals surface area contributed by atoms with Crippen LogP contribution in [0.25, 0.3) is 0 Å². The van der Waals surface area contributed by atoms with E-state index in [0.29, 0.717) is 13.1 Å². The Labute approximate surface area is 82.7 Å². The summed E-state index contributed by atoms with van der Waals surface area (Å²) in [6.07, 6.45) is 1.74. The van der Waals surface area contributed by atoms with Gasteiger partial charge in [0.15, 0.2) is 0 Å². The van der Waals surface area contributed by atoms with Crippen LogP contribution in [0.2, 0.25) is 0 Å². The first-order chi connectivity index (χ1) is 6.68. The van der Waals surface area contributed by atoms with Crippen molar-refractivity contribution in [3.63, 3.8) is 0 Å². The minimum absolute atomic E-state index is 0.491. The Balaban J connectivity index is 2.28. The van der Waals surface area contributed by atoms with Crippen molar-refractivity contribution in [2.75, 3.05) is 18.4 Å². The number of nitrogens with zero attached hydrogens (tertiary/aromatic N) is 1. The number of rotatable bonds is 4. The van der Waals surface area contributed by atoms with Crippen molar-refractivity contribution in [1.82, 2.24) is 10.3 Å². The van der Waals surface area contributed by atoms with Crippen LogP contribution >= 0.6 is 0 Å². The van der Waals surface area contributed by atoms with Crippen LogP contribution in [0.5, 0.6) is 0 Å². The van der Waals surface area contributed by atoms with Gasteiger partial charge in [-0.3, -0.25) is 0 Å². The van der Waals surface area contributed by atoms with Crippen LogP contribution in [0.4, 0.5) is 10.6 Å². The fraction of sp³-hybridized carbons (Fsp3) is 0.333. The van der Waals surface area contributed by atoms with E-state index in [4.69, 9.17) is 5.73 Å². The van der Waals surface area contributed by atoms with Gasteiger partial charge in [-0.25, -0.2) is 9.78 Å². The molecule has 0 aliphatic rings. The number of urea groups is 1. The van der Waals surface area contributed by atoms with Crippen molar-refractivity contribution in [2.45, 2.75) is 6.92 Å². The number of carbonyl (C=O) groups excluding carboxylic acids is 1. The molecule has 5 heteroatoms. The molecule has 1 aromatic heterocycles. The summed E-state index contributed by atoms with van der Waals surface area (Å²) in [4.78, 5) is 14.4. The molecule has 0 saturated carbocycles. The van der Waals surface area contributed by atoms with E-state index in [0.717, 1.165) is 11.4 Å². The number of anilines is 1. The molecule has 5 nitrogen and oxygen atoms in total. The molecule has 1 heterocycles. The molecule has 0 radical (unpaired) electrons. The summed E-state index contributed by atoms with van der Waals surface area (Å²) in [5.74, 6) is 0.802. The maximum atomic E-state index is 10.3. The molecule has 76 valence electrons. The van der Waals surface area contributed by atoms with E-state index < -0.39 is 6.03 Å². The number of hydrogen-bond acceptors (Lipinski definition) is 3. The maximum Gasteiger partial charge on any atom is 0.312 e. The summed E-state index contributed by atoms with van der Waals surface area (Å²) in [7, 11) is 0. The van der Waals surface area contributed by atoms with Crippen LogP contribution in [0.15, 0.2) is 18.3 Å². The van der Waals surface area contributed by atoms with Gasteiger partial charge in [0.25, 0.3) is 0 Å². The van der Waals surface area contributed by atoms with E-state index in [1.165, 1.54) is 0 Å². The Morgan fingerprint density at radius 1 is 1.57 bits per heavy atom. The molecular formula is C9H14N4O. The van der Waals surface area contributed by atoms with Gasteiger partial charge in [-0.1, -0.05) is 0 Å². The van der Waals surface area contributed by atoms with Crippen LogP contribution < -0.4 is 16.4 Å². The quantitative estimate of drug-likeness (QED) is 0.609. The van der Waals surface area contributed by atoms with Gasteiger partial charge in [-0.05, 0) is 24.6 Å². The second-order valence-corrected chi connectivity index (χ2v) is 2.94. The Kier molecular flexibility index (Phi) is 3.72. The van der Waals surface area contributed by atoms with Crippen LogP contribution in [0.1, 0.15) is 5.56 Å². The van der Waals surface area contributed by atoms with Gasteiger partial charge in [-0.15, -0.1) is 0 Å². The molecule has 0 saturated heterocycles. The Morgan fingerprint density at radius 2 is 2.36 bits per heavy atom. The molecule has 0 atom stereocenters. The number of carbonyl (C=O) groups is 1. The van der Waals surface area contributed by atoms with Crippen molar-refractivity contribution < 1.29 is 4.79 Å². The Bertz CT molecular complexity index is 313. The van der Waals surface area contributed by atoms with E-state index in [1.54, 1.807) is 6.20 Å². The van der Waals surface area contributed by atoms with Crippen LogP contribution in [-0.4, -0.2) is 24.1 Å². The Morgan fingerprint density at radius 3 is 3.00 bits per heavy atom. The summed E-state index contributed by atoms with van der Waals surface area (Å²) in [6, 6.07) is 3.35. The molecule has 0 unspecified atom stereocenters. The van der Waals surface area contributed by atoms with Crippen molar-refractivity contribution in [1.29, 1.82) is 0 Å². The SMILES string of the molecule is Cc1ccnc(NCCNC(N)=O)c1. The van der Waals surface area contributed by atoms with Gasteiger partial charge in [0, 0.05) is 19.3 Å². The lowest BCUT2D eigenvalue weighted by atomic mass is 10.3. The van der Waals surface area contributed by atoms with Crippen LogP contribution in [-0.2, 0) is 0 Å². The second-order valence-electron chi connectivity index (χ2n) is 2.94. The number of nitrogens with one attached hydrogen (secondary N) is 2. The fourth-order valence-corrected chi connectivity index (χ4v) is 1.01. The van der Waals surface area contributed by atoms with Gasteiger partial charge in [-0.2, -0.15) is 0 Å². The minimum atomic E-state index is -0.510. The highest BCUT2D eigenvalue weighted by molar-refractivity contribution is 5.71. The first-order valence-corrected chi connectivity index (χ1v) is 4.38. The molecule has 2 amide bonds. The molecule has 1 aromatic rings. The molecule has 0 fully saturated rings. The molecule has 1 rings (SSSR count). The maximum absolute atomic E-state index is 10.3. The van der Waals surface area contributed by atoms with E-state index in [1.807, 2.05) is 19.1 Å². The monoisotopic (exact) mass is 194 g/mol. The van der Waals surface area contributed by atoms with Crippen molar-refractivity contribution in [2.24, 2.45) is 5.73 Å².